The molecule has 3 nitrogen and oxygen atoms in total. The molecule has 0 spiro atoms. The highest BCUT2D eigenvalue weighted by Gasteiger charge is 2.07. The molecule has 0 aliphatic carbocycles. The Bertz CT molecular complexity index is 715. The zero-order chi connectivity index (χ0) is 12.5. The molecule has 0 atom stereocenters. The Morgan fingerprint density at radius 3 is 2.72 bits per heavy atom. The fraction of sp³-hybridized carbons (Fsp3) is 0.0667. The molecule has 0 unspecified atom stereocenters. The first-order valence-electron chi connectivity index (χ1n) is 5.82. The molecule has 0 aliphatic rings. The van der Waals surface area contributed by atoms with E-state index in [1.54, 1.807) is 6.20 Å². The van der Waals surface area contributed by atoms with Crippen molar-refractivity contribution in [3.63, 3.8) is 0 Å². The minimum absolute atomic E-state index is 0.551. The van der Waals surface area contributed by atoms with E-state index in [1.165, 1.54) is 5.39 Å². The third-order valence-electron chi connectivity index (χ3n) is 3.08. The van der Waals surface area contributed by atoms with E-state index in [-0.39, 0.29) is 0 Å². The third-order valence-corrected chi connectivity index (χ3v) is 3.08. The minimum atomic E-state index is 0.551. The lowest BCUT2D eigenvalue weighted by Crippen LogP contribution is -1.94. The number of aromatic nitrogens is 2. The van der Waals surface area contributed by atoms with Crippen LogP contribution in [0.4, 0.5) is 5.82 Å². The van der Waals surface area contributed by atoms with E-state index in [1.807, 2.05) is 37.4 Å². The van der Waals surface area contributed by atoms with Gasteiger partial charge in [-0.1, -0.05) is 18.2 Å². The molecular formula is C15H13N3. The van der Waals surface area contributed by atoms with Gasteiger partial charge < -0.3 is 5.73 Å². The van der Waals surface area contributed by atoms with Gasteiger partial charge in [0, 0.05) is 29.0 Å². The van der Waals surface area contributed by atoms with Gasteiger partial charge in [0.2, 0.25) is 0 Å². The number of nitrogen functional groups attached to an aromatic ring is 1. The van der Waals surface area contributed by atoms with Crippen LogP contribution in [0.1, 0.15) is 5.69 Å². The summed E-state index contributed by atoms with van der Waals surface area (Å²) in [6, 6.07) is 12.1. The first-order valence-corrected chi connectivity index (χ1v) is 5.82. The van der Waals surface area contributed by atoms with Gasteiger partial charge in [-0.2, -0.15) is 0 Å². The molecule has 3 rings (SSSR count). The van der Waals surface area contributed by atoms with Gasteiger partial charge in [0.15, 0.2) is 0 Å². The lowest BCUT2D eigenvalue weighted by Gasteiger charge is -2.09. The van der Waals surface area contributed by atoms with Crippen molar-refractivity contribution in [2.24, 2.45) is 0 Å². The molecular weight excluding hydrogens is 222 g/mol. The van der Waals surface area contributed by atoms with E-state index in [0.29, 0.717) is 5.82 Å². The summed E-state index contributed by atoms with van der Waals surface area (Å²) in [5.74, 6) is 0.551. The topological polar surface area (TPSA) is 51.8 Å². The SMILES string of the molecule is Cc1nc(N)ccc1-c1cccc2ccncc12. The summed E-state index contributed by atoms with van der Waals surface area (Å²) < 4.78 is 0. The summed E-state index contributed by atoms with van der Waals surface area (Å²) >= 11 is 0. The van der Waals surface area contributed by atoms with Gasteiger partial charge in [0.1, 0.15) is 5.82 Å². The molecule has 3 heteroatoms. The van der Waals surface area contributed by atoms with Crippen LogP contribution in [0.2, 0.25) is 0 Å². The van der Waals surface area contributed by atoms with Gasteiger partial charge in [0.05, 0.1) is 0 Å². The Labute approximate surface area is 105 Å². The van der Waals surface area contributed by atoms with Gasteiger partial charge in [-0.25, -0.2) is 4.98 Å². The molecule has 1 aromatic carbocycles. The fourth-order valence-electron chi connectivity index (χ4n) is 2.21. The van der Waals surface area contributed by atoms with E-state index in [4.69, 9.17) is 5.73 Å². The summed E-state index contributed by atoms with van der Waals surface area (Å²) in [5.41, 5.74) is 8.88. The van der Waals surface area contributed by atoms with E-state index in [9.17, 15) is 0 Å². The van der Waals surface area contributed by atoms with E-state index < -0.39 is 0 Å². The smallest absolute Gasteiger partial charge is 0.123 e. The van der Waals surface area contributed by atoms with Gasteiger partial charge >= 0.3 is 0 Å². The van der Waals surface area contributed by atoms with Crippen molar-refractivity contribution in [1.29, 1.82) is 0 Å². The Hall–Kier alpha value is -2.42. The lowest BCUT2D eigenvalue weighted by atomic mass is 9.99. The summed E-state index contributed by atoms with van der Waals surface area (Å²) in [7, 11) is 0. The van der Waals surface area contributed by atoms with Crippen LogP contribution in [0.5, 0.6) is 0 Å². The van der Waals surface area contributed by atoms with Crippen molar-refractivity contribution < 1.29 is 0 Å². The number of nitrogens with two attached hydrogens (primary N) is 1. The molecule has 0 fully saturated rings. The van der Waals surface area contributed by atoms with Crippen LogP contribution < -0.4 is 5.73 Å². The summed E-state index contributed by atoms with van der Waals surface area (Å²) in [6.07, 6.45) is 3.70. The summed E-state index contributed by atoms with van der Waals surface area (Å²) in [4.78, 5) is 8.52. The quantitative estimate of drug-likeness (QED) is 0.704. The van der Waals surface area contributed by atoms with Gasteiger partial charge in [-0.3, -0.25) is 4.98 Å². The maximum atomic E-state index is 5.69. The second-order valence-electron chi connectivity index (χ2n) is 4.27. The number of nitrogens with zero attached hydrogens (tertiary/aromatic N) is 2. The summed E-state index contributed by atoms with van der Waals surface area (Å²) in [5, 5.41) is 2.31. The molecule has 88 valence electrons. The number of aryl methyl sites for hydroxylation is 1. The maximum absolute atomic E-state index is 5.69. The van der Waals surface area contributed by atoms with Crippen LogP contribution in [0.25, 0.3) is 21.9 Å². The van der Waals surface area contributed by atoms with Crippen LogP contribution in [-0.4, -0.2) is 9.97 Å². The van der Waals surface area contributed by atoms with Gasteiger partial charge in [0.25, 0.3) is 0 Å². The highest BCUT2D eigenvalue weighted by molar-refractivity contribution is 5.96. The predicted molar refractivity (Wildman–Crippen MR) is 74.1 cm³/mol. The molecule has 0 aliphatic heterocycles. The average Bonchev–Trinajstić information content (AvgIpc) is 2.38. The fourth-order valence-corrected chi connectivity index (χ4v) is 2.21. The van der Waals surface area contributed by atoms with Crippen molar-refractivity contribution in [1.82, 2.24) is 9.97 Å². The van der Waals surface area contributed by atoms with Crippen molar-refractivity contribution in [2.45, 2.75) is 6.92 Å². The van der Waals surface area contributed by atoms with Crippen LogP contribution in [-0.2, 0) is 0 Å². The van der Waals surface area contributed by atoms with Crippen LogP contribution >= 0.6 is 0 Å². The highest BCUT2D eigenvalue weighted by atomic mass is 14.8. The number of benzene rings is 1. The standard InChI is InChI=1S/C15H13N3/c1-10-12(5-6-15(16)18-10)13-4-2-3-11-7-8-17-9-14(11)13/h2-9H,1H3,(H2,16,18). The van der Waals surface area contributed by atoms with E-state index in [2.05, 4.69) is 22.1 Å². The van der Waals surface area contributed by atoms with Crippen molar-refractivity contribution in [2.75, 3.05) is 5.73 Å². The number of fused-ring (bicyclic) bond motifs is 1. The number of anilines is 1. The number of pyridine rings is 2. The second-order valence-corrected chi connectivity index (χ2v) is 4.27. The monoisotopic (exact) mass is 235 g/mol. The molecule has 2 N–H and O–H groups in total. The average molecular weight is 235 g/mol. The molecule has 2 heterocycles. The zero-order valence-electron chi connectivity index (χ0n) is 10.1. The Kier molecular flexibility index (Phi) is 2.45. The first-order chi connectivity index (χ1) is 8.75. The van der Waals surface area contributed by atoms with Gasteiger partial charge in [-0.15, -0.1) is 0 Å². The van der Waals surface area contributed by atoms with Crippen molar-refractivity contribution in [3.8, 4) is 11.1 Å². The summed E-state index contributed by atoms with van der Waals surface area (Å²) in [6.45, 7) is 1.97. The van der Waals surface area contributed by atoms with Crippen LogP contribution in [0, 0.1) is 6.92 Å². The number of hydrogen-bond acceptors (Lipinski definition) is 3. The van der Waals surface area contributed by atoms with Crippen molar-refractivity contribution >= 4 is 16.6 Å². The Morgan fingerprint density at radius 1 is 1.00 bits per heavy atom. The molecule has 0 radical (unpaired) electrons. The predicted octanol–water partition coefficient (Wildman–Crippen LogP) is 3.19. The van der Waals surface area contributed by atoms with E-state index in [0.717, 1.165) is 22.2 Å². The minimum Gasteiger partial charge on any atom is -0.384 e. The van der Waals surface area contributed by atoms with Crippen LogP contribution in [0.15, 0.2) is 48.8 Å². The van der Waals surface area contributed by atoms with Crippen molar-refractivity contribution in [3.05, 3.63) is 54.5 Å². The largest absolute Gasteiger partial charge is 0.384 e. The normalized spacial score (nSPS) is 10.7. The Morgan fingerprint density at radius 2 is 1.89 bits per heavy atom. The maximum Gasteiger partial charge on any atom is 0.123 e. The molecule has 0 amide bonds. The molecule has 0 bridgehead atoms. The lowest BCUT2D eigenvalue weighted by molar-refractivity contribution is 1.21. The third kappa shape index (κ3) is 1.70. The molecule has 0 saturated heterocycles. The van der Waals surface area contributed by atoms with Gasteiger partial charge in [-0.05, 0) is 36.1 Å². The molecule has 18 heavy (non-hydrogen) atoms. The first kappa shape index (κ1) is 10.7. The van der Waals surface area contributed by atoms with E-state index >= 15 is 0 Å². The molecule has 2 aromatic heterocycles. The highest BCUT2D eigenvalue weighted by Crippen LogP contribution is 2.29. The second kappa shape index (κ2) is 4.11. The Balaban J connectivity index is 2.31. The number of rotatable bonds is 1. The molecule has 0 saturated carbocycles. The molecule has 3 aromatic rings. The zero-order valence-corrected chi connectivity index (χ0v) is 10.1. The van der Waals surface area contributed by atoms with Crippen LogP contribution in [0.3, 0.4) is 0 Å². The number of hydrogen-bond donors (Lipinski definition) is 1.